The van der Waals surface area contributed by atoms with Crippen LogP contribution in [-0.2, 0) is 12.8 Å². The van der Waals surface area contributed by atoms with Crippen LogP contribution in [0.25, 0.3) is 0 Å². The summed E-state index contributed by atoms with van der Waals surface area (Å²) in [7, 11) is 4.82. The Balaban J connectivity index is 1.75. The quantitative estimate of drug-likeness (QED) is 0.353. The van der Waals surface area contributed by atoms with Gasteiger partial charge in [0.25, 0.3) is 5.91 Å². The van der Waals surface area contributed by atoms with Crippen LogP contribution in [-0.4, -0.2) is 33.5 Å². The Labute approximate surface area is 217 Å². The van der Waals surface area contributed by atoms with Gasteiger partial charge in [0.2, 0.25) is 0 Å². The van der Waals surface area contributed by atoms with Crippen LogP contribution in [0.2, 0.25) is 0 Å². The number of thiophene rings is 1. The van der Waals surface area contributed by atoms with Crippen molar-refractivity contribution in [2.45, 2.75) is 40.0 Å². The highest BCUT2D eigenvalue weighted by molar-refractivity contribution is 7.16. The summed E-state index contributed by atoms with van der Waals surface area (Å²) < 4.78 is 16.4. The molecule has 1 aliphatic carbocycles. The van der Waals surface area contributed by atoms with Crippen molar-refractivity contribution in [2.24, 2.45) is 16.3 Å². The van der Waals surface area contributed by atoms with Crippen LogP contribution in [0.3, 0.4) is 0 Å². The van der Waals surface area contributed by atoms with Crippen molar-refractivity contribution >= 4 is 34.1 Å². The summed E-state index contributed by atoms with van der Waals surface area (Å²) in [5, 5.41) is 3.76. The molecule has 1 aromatic heterocycles. The molecule has 1 N–H and O–H groups in total. The third kappa shape index (κ3) is 5.26. The number of hydrogen-bond donors (Lipinski definition) is 1. The lowest BCUT2D eigenvalue weighted by Crippen LogP contribution is -2.27. The number of nitrogens with one attached hydrogen (secondary N) is 1. The first-order valence-corrected chi connectivity index (χ1v) is 12.9. The summed E-state index contributed by atoms with van der Waals surface area (Å²) in [5.74, 6) is 2.25. The molecule has 1 amide bonds. The van der Waals surface area contributed by atoms with Crippen LogP contribution in [0, 0.1) is 11.3 Å². The molecule has 190 valence electrons. The highest BCUT2D eigenvalue weighted by Crippen LogP contribution is 2.45. The lowest BCUT2D eigenvalue weighted by atomic mass is 9.72. The first-order valence-electron chi connectivity index (χ1n) is 12.1. The van der Waals surface area contributed by atoms with Crippen molar-refractivity contribution in [1.82, 2.24) is 0 Å². The van der Waals surface area contributed by atoms with E-state index in [0.29, 0.717) is 39.4 Å². The fourth-order valence-corrected chi connectivity index (χ4v) is 5.98. The van der Waals surface area contributed by atoms with Gasteiger partial charge >= 0.3 is 0 Å². The third-order valence-corrected chi connectivity index (χ3v) is 7.97. The molecule has 1 atom stereocenters. The van der Waals surface area contributed by atoms with E-state index < -0.39 is 0 Å². The minimum Gasteiger partial charge on any atom is -0.495 e. The molecule has 1 heterocycles. The summed E-state index contributed by atoms with van der Waals surface area (Å²) in [5.41, 5.74) is 3.38. The van der Waals surface area contributed by atoms with E-state index in [4.69, 9.17) is 19.2 Å². The van der Waals surface area contributed by atoms with Crippen molar-refractivity contribution in [3.63, 3.8) is 0 Å². The van der Waals surface area contributed by atoms with Crippen molar-refractivity contribution in [3.05, 3.63) is 64.0 Å². The fourth-order valence-electron chi connectivity index (χ4n) is 4.71. The molecule has 0 radical (unpaired) electrons. The Hall–Kier alpha value is -3.32. The summed E-state index contributed by atoms with van der Waals surface area (Å²) in [4.78, 5) is 19.7. The zero-order chi connectivity index (χ0) is 25.9. The largest absolute Gasteiger partial charge is 0.495 e. The van der Waals surface area contributed by atoms with Gasteiger partial charge in [-0.25, -0.2) is 4.99 Å². The maximum atomic E-state index is 13.7. The van der Waals surface area contributed by atoms with E-state index in [1.54, 1.807) is 38.9 Å². The Morgan fingerprint density at radius 2 is 1.75 bits per heavy atom. The number of rotatable bonds is 7. The van der Waals surface area contributed by atoms with Gasteiger partial charge in [0, 0.05) is 16.7 Å². The number of fused-ring (bicyclic) bond motifs is 1. The highest BCUT2D eigenvalue weighted by atomic mass is 32.1. The first kappa shape index (κ1) is 25.8. The van der Waals surface area contributed by atoms with Crippen molar-refractivity contribution in [2.75, 3.05) is 26.6 Å². The normalized spacial score (nSPS) is 15.4. The number of methoxy groups -OCH3 is 3. The van der Waals surface area contributed by atoms with Gasteiger partial charge in [0.05, 0.1) is 32.6 Å². The number of hydrogen-bond acceptors (Lipinski definition) is 6. The fraction of sp³-hybridized carbons (Fsp3) is 0.379. The standard InChI is InChI=1S/C29H34N2O4S/c1-29(2,3)19-14-15-20-24(16-19)36-28(30-17-18-10-9-13-23(34-5)26(18)35-6)25(20)27(32)31-21-11-7-8-12-22(21)33-4/h7-13,17,19H,14-16H2,1-6H3,(H,31,32)/t19-/m0/s1. The van der Waals surface area contributed by atoms with Gasteiger partial charge < -0.3 is 19.5 Å². The minimum atomic E-state index is -0.170. The van der Waals surface area contributed by atoms with E-state index in [-0.39, 0.29) is 11.3 Å². The van der Waals surface area contributed by atoms with Gasteiger partial charge in [0.1, 0.15) is 10.8 Å². The van der Waals surface area contributed by atoms with Gasteiger partial charge in [-0.3, -0.25) is 4.79 Å². The Morgan fingerprint density at radius 1 is 1.03 bits per heavy atom. The number of carbonyl (C=O) groups is 1. The second-order valence-corrected chi connectivity index (χ2v) is 11.1. The third-order valence-electron chi connectivity index (χ3n) is 6.81. The molecule has 0 spiro atoms. The van der Waals surface area contributed by atoms with Crippen LogP contribution >= 0.6 is 11.3 Å². The zero-order valence-electron chi connectivity index (χ0n) is 21.8. The summed E-state index contributed by atoms with van der Waals surface area (Å²) in [6.45, 7) is 6.87. The number of benzene rings is 2. The van der Waals surface area contributed by atoms with E-state index in [0.717, 1.165) is 30.4 Å². The maximum absolute atomic E-state index is 13.7. The number of aliphatic imine (C=N–C) groups is 1. The molecule has 0 saturated carbocycles. The number of amides is 1. The molecule has 2 aromatic carbocycles. The smallest absolute Gasteiger partial charge is 0.259 e. The number of nitrogens with zero attached hydrogens (tertiary/aromatic N) is 1. The molecule has 0 fully saturated rings. The van der Waals surface area contributed by atoms with E-state index in [2.05, 4.69) is 26.1 Å². The summed E-state index contributed by atoms with van der Waals surface area (Å²) in [6.07, 6.45) is 4.62. The summed E-state index contributed by atoms with van der Waals surface area (Å²) in [6, 6.07) is 13.1. The number of para-hydroxylation sites is 3. The van der Waals surface area contributed by atoms with E-state index >= 15 is 0 Å². The molecule has 36 heavy (non-hydrogen) atoms. The molecule has 0 bridgehead atoms. The van der Waals surface area contributed by atoms with E-state index in [9.17, 15) is 4.79 Å². The minimum absolute atomic E-state index is 0.170. The van der Waals surface area contributed by atoms with E-state index in [1.807, 2.05) is 42.5 Å². The maximum Gasteiger partial charge on any atom is 0.259 e. The molecule has 6 nitrogen and oxygen atoms in total. The van der Waals surface area contributed by atoms with Crippen LogP contribution in [0.15, 0.2) is 47.5 Å². The second kappa shape index (κ2) is 10.7. The molecular weight excluding hydrogens is 472 g/mol. The molecule has 7 heteroatoms. The molecule has 0 saturated heterocycles. The van der Waals surface area contributed by atoms with Gasteiger partial charge in [0.15, 0.2) is 11.5 Å². The molecule has 3 aromatic rings. The van der Waals surface area contributed by atoms with Gasteiger partial charge in [-0.05, 0) is 60.4 Å². The summed E-state index contributed by atoms with van der Waals surface area (Å²) >= 11 is 1.61. The molecule has 0 aliphatic heterocycles. The van der Waals surface area contributed by atoms with Crippen molar-refractivity contribution in [1.29, 1.82) is 0 Å². The monoisotopic (exact) mass is 506 g/mol. The number of carbonyl (C=O) groups excluding carboxylic acids is 1. The van der Waals surface area contributed by atoms with Crippen molar-refractivity contribution < 1.29 is 19.0 Å². The lowest BCUT2D eigenvalue weighted by Gasteiger charge is -2.33. The average Bonchev–Trinajstić information content (AvgIpc) is 3.24. The van der Waals surface area contributed by atoms with Crippen LogP contribution < -0.4 is 19.5 Å². The molecule has 4 rings (SSSR count). The van der Waals surface area contributed by atoms with Gasteiger partial charge in [-0.15, -0.1) is 11.3 Å². The number of anilines is 1. The van der Waals surface area contributed by atoms with Crippen molar-refractivity contribution in [3.8, 4) is 17.2 Å². The number of ether oxygens (including phenoxy) is 3. The second-order valence-electron chi connectivity index (χ2n) is 9.99. The topological polar surface area (TPSA) is 69.2 Å². The SMILES string of the molecule is COc1ccccc1NC(=O)c1c(N=Cc2cccc(OC)c2OC)sc2c1CC[C@H](C(C)(C)C)C2. The average molecular weight is 507 g/mol. The molecular formula is C29H34N2O4S. The Morgan fingerprint density at radius 3 is 2.44 bits per heavy atom. The Bertz CT molecular complexity index is 1270. The molecule has 1 aliphatic rings. The lowest BCUT2D eigenvalue weighted by molar-refractivity contribution is 0.102. The zero-order valence-corrected chi connectivity index (χ0v) is 22.6. The predicted molar refractivity (Wildman–Crippen MR) is 147 cm³/mol. The highest BCUT2D eigenvalue weighted by Gasteiger charge is 2.34. The molecule has 0 unspecified atom stereocenters. The van der Waals surface area contributed by atoms with Crippen LogP contribution in [0.5, 0.6) is 17.2 Å². The van der Waals surface area contributed by atoms with Gasteiger partial charge in [-0.1, -0.05) is 39.0 Å². The van der Waals surface area contributed by atoms with Crippen LogP contribution in [0.1, 0.15) is 53.6 Å². The van der Waals surface area contributed by atoms with Crippen LogP contribution in [0.4, 0.5) is 10.7 Å². The van der Waals surface area contributed by atoms with E-state index in [1.165, 1.54) is 4.88 Å². The first-order chi connectivity index (χ1) is 17.3. The Kier molecular flexibility index (Phi) is 7.69. The van der Waals surface area contributed by atoms with Gasteiger partial charge in [-0.2, -0.15) is 0 Å². The predicted octanol–water partition coefficient (Wildman–Crippen LogP) is 6.93.